The Balaban J connectivity index is 2.49. The normalized spacial score (nSPS) is 13.9. The number of nitrogens with two attached hydrogens (primary N) is 1. The Labute approximate surface area is 137 Å². The predicted molar refractivity (Wildman–Crippen MR) is 80.9 cm³/mol. The first-order valence-corrected chi connectivity index (χ1v) is 8.73. The van der Waals surface area contributed by atoms with Gasteiger partial charge in [0.2, 0.25) is 10.0 Å². The van der Waals surface area contributed by atoms with E-state index in [4.69, 9.17) is 5.14 Å². The number of benzene rings is 1. The molecule has 0 fully saturated rings. The average molecular weight is 362 g/mol. The maximum absolute atomic E-state index is 12.9. The van der Waals surface area contributed by atoms with Gasteiger partial charge in [0, 0.05) is 6.42 Å². The Kier molecular flexibility index (Phi) is 5.00. The van der Waals surface area contributed by atoms with Crippen molar-refractivity contribution in [2.24, 2.45) is 11.1 Å². The molecule has 0 aliphatic carbocycles. The first kappa shape index (κ1) is 18.4. The fourth-order valence-corrected chi connectivity index (χ4v) is 2.55. The van der Waals surface area contributed by atoms with Crippen LogP contribution in [0.1, 0.15) is 31.9 Å². The van der Waals surface area contributed by atoms with Crippen molar-refractivity contribution in [1.29, 1.82) is 0 Å². The molecule has 132 valence electrons. The smallest absolute Gasteiger partial charge is 0.225 e. The van der Waals surface area contributed by atoms with Crippen LogP contribution in [0.2, 0.25) is 0 Å². The van der Waals surface area contributed by atoms with E-state index in [-0.39, 0.29) is 22.3 Å². The van der Waals surface area contributed by atoms with Gasteiger partial charge in [-0.3, -0.25) is 0 Å². The van der Waals surface area contributed by atoms with Crippen molar-refractivity contribution < 1.29 is 21.6 Å². The van der Waals surface area contributed by atoms with Gasteiger partial charge in [0.25, 0.3) is 5.82 Å². The zero-order valence-electron chi connectivity index (χ0n) is 13.1. The van der Waals surface area contributed by atoms with Gasteiger partial charge in [-0.25, -0.2) is 23.2 Å². The molecule has 0 aliphatic heterocycles. The first-order valence-electron chi connectivity index (χ1n) is 7.18. The summed E-state index contributed by atoms with van der Waals surface area (Å²) in [6.45, 7) is 3.83. The van der Waals surface area contributed by atoms with Gasteiger partial charge in [0.05, 0.1) is 10.6 Å². The van der Waals surface area contributed by atoms with Crippen LogP contribution in [0.15, 0.2) is 29.2 Å². The number of nitrogens with zero attached hydrogens (tertiary/aromatic N) is 3. The van der Waals surface area contributed by atoms with Crippen molar-refractivity contribution >= 4 is 10.0 Å². The Morgan fingerprint density at radius 1 is 1.25 bits per heavy atom. The van der Waals surface area contributed by atoms with Crippen LogP contribution in [-0.4, -0.2) is 23.2 Å². The summed E-state index contributed by atoms with van der Waals surface area (Å²) in [5.74, 6) is -0.936. The van der Waals surface area contributed by atoms with Crippen LogP contribution in [0.5, 0.6) is 0 Å². The van der Waals surface area contributed by atoms with Gasteiger partial charge < -0.3 is 0 Å². The molecule has 1 heterocycles. The molecule has 2 N–H and O–H groups in total. The van der Waals surface area contributed by atoms with Gasteiger partial charge in [-0.05, 0) is 30.2 Å². The summed E-state index contributed by atoms with van der Waals surface area (Å²) in [7, 11) is -3.88. The van der Waals surface area contributed by atoms with Crippen molar-refractivity contribution in [3.8, 4) is 5.69 Å². The van der Waals surface area contributed by atoms with Gasteiger partial charge >= 0.3 is 6.18 Å². The molecule has 24 heavy (non-hydrogen) atoms. The molecule has 1 atom stereocenters. The fraction of sp³-hybridized carbons (Fsp3) is 0.429. The lowest BCUT2D eigenvalue weighted by Crippen LogP contribution is -2.12. The van der Waals surface area contributed by atoms with Gasteiger partial charge in [-0.2, -0.15) is 13.2 Å². The van der Waals surface area contributed by atoms with Crippen LogP contribution < -0.4 is 5.14 Å². The van der Waals surface area contributed by atoms with Crippen molar-refractivity contribution in [3.63, 3.8) is 0 Å². The van der Waals surface area contributed by atoms with Crippen molar-refractivity contribution in [3.05, 3.63) is 35.9 Å². The molecule has 1 aromatic heterocycles. The molecular formula is C14H17F3N4O2S. The quantitative estimate of drug-likeness (QED) is 0.885. The summed E-state index contributed by atoms with van der Waals surface area (Å²) in [4.78, 5) is 3.47. The lowest BCUT2D eigenvalue weighted by atomic mass is 10.1. The predicted octanol–water partition coefficient (Wildman–Crippen LogP) is 2.52. The minimum Gasteiger partial charge on any atom is -0.225 e. The molecule has 0 saturated heterocycles. The summed E-state index contributed by atoms with van der Waals surface area (Å²) < 4.78 is 62.3. The van der Waals surface area contributed by atoms with Gasteiger partial charge in [-0.15, -0.1) is 5.10 Å². The standard InChI is InChI=1S/C14H17F3N4O2S/c1-3-9(2)8-12-19-13(14(15,16)17)20-21(12)10-4-6-11(7-5-10)24(18,22)23/h4-7,9H,3,8H2,1-2H3,(H2,18,22,23). The van der Waals surface area contributed by atoms with Gasteiger partial charge in [0.1, 0.15) is 5.82 Å². The average Bonchev–Trinajstić information content (AvgIpc) is 2.90. The third kappa shape index (κ3) is 4.12. The molecule has 0 saturated carbocycles. The van der Waals surface area contributed by atoms with E-state index in [0.717, 1.165) is 11.1 Å². The minimum atomic E-state index is -4.66. The van der Waals surface area contributed by atoms with Gasteiger partial charge in [-0.1, -0.05) is 20.3 Å². The molecule has 0 aliphatic rings. The Hall–Kier alpha value is -1.94. The van der Waals surface area contributed by atoms with Crippen LogP contribution in [0.4, 0.5) is 13.2 Å². The second-order valence-corrected chi connectivity index (χ2v) is 7.08. The second-order valence-electron chi connectivity index (χ2n) is 5.52. The highest BCUT2D eigenvalue weighted by molar-refractivity contribution is 7.89. The molecular weight excluding hydrogens is 345 g/mol. The Morgan fingerprint density at radius 2 is 1.83 bits per heavy atom. The highest BCUT2D eigenvalue weighted by atomic mass is 32.2. The number of hydrogen-bond acceptors (Lipinski definition) is 4. The molecule has 0 radical (unpaired) electrons. The van der Waals surface area contributed by atoms with E-state index in [9.17, 15) is 21.6 Å². The highest BCUT2D eigenvalue weighted by Gasteiger charge is 2.37. The second kappa shape index (κ2) is 6.52. The zero-order valence-corrected chi connectivity index (χ0v) is 13.9. The number of alkyl halides is 3. The van der Waals surface area contributed by atoms with Crippen LogP contribution in [0, 0.1) is 5.92 Å². The topological polar surface area (TPSA) is 90.9 Å². The van der Waals surface area contributed by atoms with Crippen molar-refractivity contribution in [2.75, 3.05) is 0 Å². The van der Waals surface area contributed by atoms with E-state index in [1.807, 2.05) is 13.8 Å². The molecule has 2 rings (SSSR count). The van der Waals surface area contributed by atoms with Crippen LogP contribution in [0.25, 0.3) is 5.69 Å². The molecule has 1 unspecified atom stereocenters. The van der Waals surface area contributed by atoms with Gasteiger partial charge in [0.15, 0.2) is 0 Å². The Morgan fingerprint density at radius 3 is 2.29 bits per heavy atom. The SMILES string of the molecule is CCC(C)Cc1nc(C(F)(F)F)nn1-c1ccc(S(N)(=O)=O)cc1. The van der Waals surface area contributed by atoms with E-state index >= 15 is 0 Å². The largest absolute Gasteiger partial charge is 0.453 e. The van der Waals surface area contributed by atoms with Crippen LogP contribution in [-0.2, 0) is 22.6 Å². The molecule has 1 aromatic carbocycles. The number of rotatable bonds is 5. The fourth-order valence-electron chi connectivity index (χ4n) is 2.04. The van der Waals surface area contributed by atoms with Crippen molar-refractivity contribution in [2.45, 2.75) is 37.8 Å². The van der Waals surface area contributed by atoms with E-state index < -0.39 is 22.0 Å². The third-order valence-electron chi connectivity index (χ3n) is 3.57. The highest BCUT2D eigenvalue weighted by Crippen LogP contribution is 2.28. The monoisotopic (exact) mass is 362 g/mol. The summed E-state index contributed by atoms with van der Waals surface area (Å²) in [6.07, 6.45) is -3.56. The van der Waals surface area contributed by atoms with Crippen LogP contribution in [0.3, 0.4) is 0 Å². The van der Waals surface area contributed by atoms with E-state index in [1.54, 1.807) is 0 Å². The van der Waals surface area contributed by atoms with E-state index in [2.05, 4.69) is 10.1 Å². The van der Waals surface area contributed by atoms with E-state index in [0.29, 0.717) is 6.42 Å². The number of hydrogen-bond donors (Lipinski definition) is 1. The molecule has 2 aromatic rings. The number of primary sulfonamides is 1. The first-order chi connectivity index (χ1) is 11.0. The van der Waals surface area contributed by atoms with Crippen LogP contribution >= 0.6 is 0 Å². The summed E-state index contributed by atoms with van der Waals surface area (Å²) in [5.41, 5.74) is 0.281. The number of aromatic nitrogens is 3. The Bertz CT molecular complexity index is 814. The number of halogens is 3. The molecule has 0 bridgehead atoms. The van der Waals surface area contributed by atoms with Crippen molar-refractivity contribution in [1.82, 2.24) is 14.8 Å². The molecule has 0 amide bonds. The lowest BCUT2D eigenvalue weighted by molar-refractivity contribution is -0.144. The summed E-state index contributed by atoms with van der Waals surface area (Å²) in [5, 5.41) is 8.54. The minimum absolute atomic E-state index is 0.123. The summed E-state index contributed by atoms with van der Waals surface area (Å²) >= 11 is 0. The maximum Gasteiger partial charge on any atom is 0.453 e. The lowest BCUT2D eigenvalue weighted by Gasteiger charge is -2.10. The molecule has 10 heteroatoms. The third-order valence-corrected chi connectivity index (χ3v) is 4.49. The van der Waals surface area contributed by atoms with E-state index in [1.165, 1.54) is 24.3 Å². The summed E-state index contributed by atoms with van der Waals surface area (Å²) in [6, 6.07) is 5.11. The number of sulfonamides is 1. The maximum atomic E-state index is 12.9. The molecule has 0 spiro atoms. The molecule has 6 nitrogen and oxygen atoms in total. The zero-order chi connectivity index (χ0) is 18.1.